The minimum atomic E-state index is -4.16. The number of hydrogen-bond donors (Lipinski definition) is 0. The fourth-order valence-electron chi connectivity index (χ4n) is 3.77. The lowest BCUT2D eigenvalue weighted by Gasteiger charge is -2.04. The third kappa shape index (κ3) is 9.09. The van der Waals surface area contributed by atoms with Gasteiger partial charge in [0.1, 0.15) is 21.9 Å². The molecule has 0 aliphatic heterocycles. The Morgan fingerprint density at radius 1 is 0.565 bits per heavy atom. The fourth-order valence-corrected chi connectivity index (χ4v) is 5.24. The number of allylic oxidation sites excluding steroid dienone is 2. The van der Waals surface area contributed by atoms with Gasteiger partial charge in [0.05, 0.1) is 0 Å². The van der Waals surface area contributed by atoms with E-state index in [4.69, 9.17) is 8.57 Å². The van der Waals surface area contributed by atoms with Crippen LogP contribution in [0.3, 0.4) is 0 Å². The van der Waals surface area contributed by atoms with Crippen molar-refractivity contribution in [3.8, 4) is 23.3 Å². The molecule has 0 radical (unpaired) electrons. The quantitative estimate of drug-likeness (QED) is 0.130. The van der Waals surface area contributed by atoms with Gasteiger partial charge in [0, 0.05) is 0 Å². The van der Waals surface area contributed by atoms with Crippen LogP contribution in [0.5, 0.6) is 0 Å². The molecule has 4 aromatic carbocycles. The van der Waals surface area contributed by atoms with Crippen LogP contribution in [0.1, 0.15) is 22.3 Å². The lowest BCUT2D eigenvalue weighted by molar-refractivity contribution is 0.339. The Morgan fingerprint density at radius 3 is 1.20 bits per heavy atom. The minimum Gasteiger partial charge on any atom is -0.263 e. The molecule has 46 heavy (non-hydrogen) atoms. The molecule has 0 saturated carbocycles. The molecule has 0 spiro atoms. The SMILES string of the molecule is Cc1ccc(S(=O)(=O)ON=C(C#N)C=Cc2ccc(-c3ccc(C=CC(C#N)=NOS(=O)(=O)c4ccc(C)cc4)cc3)cc2)cc1. The third-order valence-corrected chi connectivity index (χ3v) is 8.58. The second kappa shape index (κ2) is 14.8. The Morgan fingerprint density at radius 2 is 0.891 bits per heavy atom. The van der Waals surface area contributed by atoms with Crippen molar-refractivity contribution in [1.29, 1.82) is 10.5 Å². The average molecular weight is 651 g/mol. The van der Waals surface area contributed by atoms with E-state index in [-0.39, 0.29) is 21.2 Å². The number of benzene rings is 4. The molecular formula is C34H26N4O6S2. The maximum Gasteiger partial charge on any atom is 0.358 e. The normalized spacial score (nSPS) is 12.5. The van der Waals surface area contributed by atoms with Gasteiger partial charge in [-0.05, 0) is 72.5 Å². The summed E-state index contributed by atoms with van der Waals surface area (Å²) < 4.78 is 58.6. The lowest BCUT2D eigenvalue weighted by Crippen LogP contribution is -2.04. The van der Waals surface area contributed by atoms with Gasteiger partial charge in [0.2, 0.25) is 0 Å². The molecule has 0 fully saturated rings. The first-order valence-corrected chi connectivity index (χ1v) is 16.3. The van der Waals surface area contributed by atoms with Crippen molar-refractivity contribution in [2.24, 2.45) is 10.3 Å². The van der Waals surface area contributed by atoms with Crippen LogP contribution in [0.15, 0.2) is 129 Å². The van der Waals surface area contributed by atoms with Crippen LogP contribution in [0.25, 0.3) is 23.3 Å². The molecule has 0 saturated heterocycles. The van der Waals surface area contributed by atoms with E-state index in [1.54, 1.807) is 48.6 Å². The average Bonchev–Trinajstić information content (AvgIpc) is 3.06. The molecule has 0 aliphatic rings. The molecule has 4 aromatic rings. The second-order valence-electron chi connectivity index (χ2n) is 9.77. The first-order chi connectivity index (χ1) is 22.0. The highest BCUT2D eigenvalue weighted by Gasteiger charge is 2.16. The fraction of sp³-hybridized carbons (Fsp3) is 0.0588. The molecule has 0 unspecified atom stereocenters. The highest BCUT2D eigenvalue weighted by atomic mass is 32.2. The molecule has 0 amide bonds. The van der Waals surface area contributed by atoms with Crippen molar-refractivity contribution in [2.75, 3.05) is 0 Å². The topological polar surface area (TPSA) is 159 Å². The number of hydrogen-bond acceptors (Lipinski definition) is 10. The van der Waals surface area contributed by atoms with Gasteiger partial charge in [-0.2, -0.15) is 27.4 Å². The molecule has 0 heterocycles. The van der Waals surface area contributed by atoms with E-state index in [0.29, 0.717) is 0 Å². The van der Waals surface area contributed by atoms with Gasteiger partial charge in [-0.3, -0.25) is 8.57 Å². The van der Waals surface area contributed by atoms with Crippen LogP contribution in [0, 0.1) is 36.5 Å². The Bertz CT molecular complexity index is 1960. The second-order valence-corrected chi connectivity index (χ2v) is 12.8. The molecule has 0 N–H and O–H groups in total. The van der Waals surface area contributed by atoms with Gasteiger partial charge in [-0.25, -0.2) is 0 Å². The molecule has 12 heteroatoms. The van der Waals surface area contributed by atoms with Crippen molar-refractivity contribution in [3.63, 3.8) is 0 Å². The zero-order valence-electron chi connectivity index (χ0n) is 24.6. The van der Waals surface area contributed by atoms with Gasteiger partial charge in [0.15, 0.2) is 11.4 Å². The smallest absolute Gasteiger partial charge is 0.263 e. The molecule has 230 valence electrons. The maximum atomic E-state index is 12.3. The summed E-state index contributed by atoms with van der Waals surface area (Å²) in [6.07, 6.45) is 5.91. The highest BCUT2D eigenvalue weighted by Crippen LogP contribution is 2.22. The predicted molar refractivity (Wildman–Crippen MR) is 175 cm³/mol. The summed E-state index contributed by atoms with van der Waals surface area (Å²) in [5, 5.41) is 25.7. The van der Waals surface area contributed by atoms with Crippen molar-refractivity contribution >= 4 is 43.8 Å². The van der Waals surface area contributed by atoms with Crippen molar-refractivity contribution in [2.45, 2.75) is 23.6 Å². The summed E-state index contributed by atoms with van der Waals surface area (Å²) in [5.74, 6) is 0. The van der Waals surface area contributed by atoms with E-state index in [1.165, 1.54) is 36.4 Å². The Hall–Kier alpha value is -5.82. The standard InChI is InChI=1S/C34H26N4O6S2/c1-25-3-19-33(20-4-25)45(39,40)43-37-31(23-35)17-11-27-7-13-29(14-8-27)30-15-9-28(10-16-30)12-18-32(24-36)38-44-46(41,42)34-21-5-26(2)6-22-34/h3-22H,1-2H3. The number of nitriles is 2. The van der Waals surface area contributed by atoms with E-state index < -0.39 is 20.2 Å². The third-order valence-electron chi connectivity index (χ3n) is 6.34. The van der Waals surface area contributed by atoms with Crippen LogP contribution in [0.4, 0.5) is 0 Å². The summed E-state index contributed by atoms with van der Waals surface area (Å²) in [7, 11) is -8.31. The van der Waals surface area contributed by atoms with E-state index in [1.807, 2.05) is 62.4 Å². The molecular weight excluding hydrogens is 625 g/mol. The Kier molecular flexibility index (Phi) is 10.6. The Balaban J connectivity index is 1.37. The molecule has 0 aromatic heterocycles. The van der Waals surface area contributed by atoms with Gasteiger partial charge in [0.25, 0.3) is 0 Å². The molecule has 0 aliphatic carbocycles. The number of nitrogens with zero attached hydrogens (tertiary/aromatic N) is 4. The summed E-state index contributed by atoms with van der Waals surface area (Å²) >= 11 is 0. The summed E-state index contributed by atoms with van der Waals surface area (Å²) in [5.41, 5.74) is 4.61. The number of aryl methyl sites for hydroxylation is 2. The van der Waals surface area contributed by atoms with Gasteiger partial charge in [-0.15, -0.1) is 0 Å². The summed E-state index contributed by atoms with van der Waals surface area (Å²) in [6, 6.07) is 30.5. The van der Waals surface area contributed by atoms with Crippen LogP contribution in [-0.4, -0.2) is 28.3 Å². The van der Waals surface area contributed by atoms with E-state index >= 15 is 0 Å². The monoisotopic (exact) mass is 650 g/mol. The van der Waals surface area contributed by atoms with Crippen LogP contribution < -0.4 is 0 Å². The van der Waals surface area contributed by atoms with Crippen molar-refractivity contribution < 1.29 is 25.4 Å². The maximum absolute atomic E-state index is 12.3. The van der Waals surface area contributed by atoms with Crippen LogP contribution in [0.2, 0.25) is 0 Å². The molecule has 0 atom stereocenters. The summed E-state index contributed by atoms with van der Waals surface area (Å²) in [4.78, 5) is -0.138. The Labute approximate surface area is 267 Å². The van der Waals surface area contributed by atoms with Crippen molar-refractivity contribution in [1.82, 2.24) is 0 Å². The molecule has 4 rings (SSSR count). The number of oxime groups is 2. The van der Waals surface area contributed by atoms with Gasteiger partial charge < -0.3 is 0 Å². The van der Waals surface area contributed by atoms with Gasteiger partial charge in [-0.1, -0.05) is 106 Å². The van der Waals surface area contributed by atoms with Crippen LogP contribution in [-0.2, 0) is 28.8 Å². The lowest BCUT2D eigenvalue weighted by atomic mass is 10.0. The summed E-state index contributed by atoms with van der Waals surface area (Å²) in [6.45, 7) is 3.65. The first-order valence-electron chi connectivity index (χ1n) is 13.5. The molecule has 0 bridgehead atoms. The number of rotatable bonds is 11. The van der Waals surface area contributed by atoms with Crippen molar-refractivity contribution in [3.05, 3.63) is 131 Å². The first kappa shape index (κ1) is 33.1. The zero-order chi connectivity index (χ0) is 33.2. The predicted octanol–water partition coefficient (Wildman–Crippen LogP) is 6.57. The zero-order valence-corrected chi connectivity index (χ0v) is 26.2. The van der Waals surface area contributed by atoms with Crippen LogP contribution >= 0.6 is 0 Å². The van der Waals surface area contributed by atoms with E-state index in [9.17, 15) is 27.4 Å². The van der Waals surface area contributed by atoms with E-state index in [0.717, 1.165) is 33.4 Å². The highest BCUT2D eigenvalue weighted by molar-refractivity contribution is 7.87. The van der Waals surface area contributed by atoms with E-state index in [2.05, 4.69) is 10.3 Å². The van der Waals surface area contributed by atoms with Gasteiger partial charge >= 0.3 is 20.2 Å². The minimum absolute atomic E-state index is 0.0691. The largest absolute Gasteiger partial charge is 0.358 e. The molecule has 10 nitrogen and oxygen atoms in total.